The van der Waals surface area contributed by atoms with Crippen LogP contribution in [-0.4, -0.2) is 44.1 Å². The number of aromatic amines is 2. The smallest absolute Gasteiger partial charge is 0.310 e. The van der Waals surface area contributed by atoms with E-state index < -0.39 is 0 Å². The standard InChI is InChI=1S/C22H23N5O2/c28-21-16-5-1-2-6-17(16)23-20(25-21)11-14-26-12-9-15(10-13-26)27-19-8-4-3-7-18(19)24-22(27)29/h1-8,15H,9-14H2,(H,24,29)(H,23,25,28). The summed E-state index contributed by atoms with van der Waals surface area (Å²) < 4.78 is 1.91. The maximum Gasteiger partial charge on any atom is 0.326 e. The van der Waals surface area contributed by atoms with Crippen molar-refractivity contribution in [1.29, 1.82) is 0 Å². The van der Waals surface area contributed by atoms with Gasteiger partial charge in [-0.25, -0.2) is 9.78 Å². The second-order valence-corrected chi connectivity index (χ2v) is 7.67. The van der Waals surface area contributed by atoms with E-state index in [1.165, 1.54) is 0 Å². The summed E-state index contributed by atoms with van der Waals surface area (Å²) in [5.74, 6) is 0.726. The number of benzene rings is 2. The van der Waals surface area contributed by atoms with Crippen LogP contribution in [0.1, 0.15) is 24.7 Å². The first-order valence-electron chi connectivity index (χ1n) is 10.1. The average molecular weight is 389 g/mol. The van der Waals surface area contributed by atoms with Crippen molar-refractivity contribution in [2.75, 3.05) is 19.6 Å². The fourth-order valence-corrected chi connectivity index (χ4v) is 4.36. The summed E-state index contributed by atoms with van der Waals surface area (Å²) in [6, 6.07) is 15.5. The minimum absolute atomic E-state index is 0.0254. The molecule has 0 radical (unpaired) electrons. The number of rotatable bonds is 4. The van der Waals surface area contributed by atoms with E-state index in [0.29, 0.717) is 11.8 Å². The molecule has 0 saturated carbocycles. The third kappa shape index (κ3) is 3.38. The molecule has 7 heteroatoms. The number of imidazole rings is 1. The van der Waals surface area contributed by atoms with E-state index in [2.05, 4.69) is 19.9 Å². The number of para-hydroxylation sites is 3. The number of piperidine rings is 1. The molecular weight excluding hydrogens is 366 g/mol. The Morgan fingerprint density at radius 3 is 2.59 bits per heavy atom. The van der Waals surface area contributed by atoms with Gasteiger partial charge in [0.05, 0.1) is 21.9 Å². The van der Waals surface area contributed by atoms with Crippen LogP contribution >= 0.6 is 0 Å². The van der Waals surface area contributed by atoms with Crippen molar-refractivity contribution in [2.24, 2.45) is 0 Å². The first kappa shape index (κ1) is 17.9. The molecule has 0 amide bonds. The number of nitrogens with zero attached hydrogens (tertiary/aromatic N) is 3. The van der Waals surface area contributed by atoms with Gasteiger partial charge in [-0.15, -0.1) is 0 Å². The zero-order chi connectivity index (χ0) is 19.8. The van der Waals surface area contributed by atoms with Crippen LogP contribution in [0, 0.1) is 0 Å². The summed E-state index contributed by atoms with van der Waals surface area (Å²) in [7, 11) is 0. The maximum atomic E-state index is 12.4. The molecule has 1 aliphatic heterocycles. The van der Waals surface area contributed by atoms with Gasteiger partial charge in [0.2, 0.25) is 0 Å². The van der Waals surface area contributed by atoms with E-state index in [1.807, 2.05) is 47.0 Å². The molecule has 2 aromatic carbocycles. The lowest BCUT2D eigenvalue weighted by atomic mass is 10.0. The molecule has 5 rings (SSSR count). The molecular formula is C22H23N5O2. The van der Waals surface area contributed by atoms with Crippen LogP contribution in [0.5, 0.6) is 0 Å². The lowest BCUT2D eigenvalue weighted by molar-refractivity contribution is 0.188. The Hall–Kier alpha value is -3.19. The van der Waals surface area contributed by atoms with Crippen molar-refractivity contribution in [3.05, 3.63) is 75.2 Å². The fraction of sp³-hybridized carbons (Fsp3) is 0.318. The predicted octanol–water partition coefficient (Wildman–Crippen LogP) is 2.45. The SMILES string of the molecule is O=c1[nH]c(CCN2CCC(n3c(=O)[nH]c4ccccc43)CC2)nc2ccccc12. The Balaban J connectivity index is 1.25. The molecule has 1 fully saturated rings. The normalized spacial score (nSPS) is 16.0. The van der Waals surface area contributed by atoms with Crippen LogP contribution in [0.2, 0.25) is 0 Å². The van der Waals surface area contributed by atoms with Gasteiger partial charge in [0.1, 0.15) is 5.82 Å². The van der Waals surface area contributed by atoms with E-state index in [4.69, 9.17) is 0 Å². The van der Waals surface area contributed by atoms with Gasteiger partial charge in [-0.05, 0) is 37.1 Å². The van der Waals surface area contributed by atoms with Gasteiger partial charge >= 0.3 is 5.69 Å². The largest absolute Gasteiger partial charge is 0.326 e. The molecule has 7 nitrogen and oxygen atoms in total. The second-order valence-electron chi connectivity index (χ2n) is 7.67. The third-order valence-electron chi connectivity index (χ3n) is 5.87. The summed E-state index contributed by atoms with van der Waals surface area (Å²) in [6.45, 7) is 2.69. The minimum atomic E-state index is -0.0805. The average Bonchev–Trinajstić information content (AvgIpc) is 3.08. The molecule has 2 aromatic heterocycles. The number of nitrogens with one attached hydrogen (secondary N) is 2. The maximum absolute atomic E-state index is 12.4. The Kier molecular flexibility index (Phi) is 4.52. The predicted molar refractivity (Wildman–Crippen MR) is 113 cm³/mol. The lowest BCUT2D eigenvalue weighted by Crippen LogP contribution is -2.38. The van der Waals surface area contributed by atoms with Crippen molar-refractivity contribution in [3.63, 3.8) is 0 Å². The molecule has 0 unspecified atom stereocenters. The second kappa shape index (κ2) is 7.33. The van der Waals surface area contributed by atoms with Crippen LogP contribution in [-0.2, 0) is 6.42 Å². The van der Waals surface area contributed by atoms with Gasteiger partial charge in [0, 0.05) is 32.1 Å². The quantitative estimate of drug-likeness (QED) is 0.561. The first-order chi connectivity index (χ1) is 14.2. The minimum Gasteiger partial charge on any atom is -0.310 e. The van der Waals surface area contributed by atoms with Gasteiger partial charge in [-0.2, -0.15) is 0 Å². The van der Waals surface area contributed by atoms with Gasteiger partial charge in [0.25, 0.3) is 5.56 Å². The molecule has 148 valence electrons. The number of fused-ring (bicyclic) bond motifs is 2. The zero-order valence-corrected chi connectivity index (χ0v) is 16.1. The van der Waals surface area contributed by atoms with Crippen molar-refractivity contribution in [2.45, 2.75) is 25.3 Å². The highest BCUT2D eigenvalue weighted by Crippen LogP contribution is 2.24. The summed E-state index contributed by atoms with van der Waals surface area (Å²) >= 11 is 0. The highest BCUT2D eigenvalue weighted by atomic mass is 16.1. The van der Waals surface area contributed by atoms with Gasteiger partial charge in [-0.3, -0.25) is 9.36 Å². The van der Waals surface area contributed by atoms with E-state index in [-0.39, 0.29) is 17.3 Å². The topological polar surface area (TPSA) is 86.8 Å². The van der Waals surface area contributed by atoms with Gasteiger partial charge < -0.3 is 14.9 Å². The van der Waals surface area contributed by atoms with Crippen molar-refractivity contribution in [1.82, 2.24) is 24.4 Å². The Morgan fingerprint density at radius 2 is 1.72 bits per heavy atom. The zero-order valence-electron chi connectivity index (χ0n) is 16.1. The molecule has 1 aliphatic rings. The van der Waals surface area contributed by atoms with Crippen LogP contribution < -0.4 is 11.2 Å². The van der Waals surface area contributed by atoms with Crippen LogP contribution in [0.4, 0.5) is 0 Å². The molecule has 2 N–H and O–H groups in total. The first-order valence-corrected chi connectivity index (χ1v) is 10.1. The van der Waals surface area contributed by atoms with E-state index >= 15 is 0 Å². The molecule has 0 aliphatic carbocycles. The summed E-state index contributed by atoms with van der Waals surface area (Å²) in [6.07, 6.45) is 2.57. The summed E-state index contributed by atoms with van der Waals surface area (Å²) in [5.41, 5.74) is 2.51. The monoisotopic (exact) mass is 389 g/mol. The van der Waals surface area contributed by atoms with E-state index in [0.717, 1.165) is 54.9 Å². The molecule has 3 heterocycles. The lowest BCUT2D eigenvalue weighted by Gasteiger charge is -2.32. The highest BCUT2D eigenvalue weighted by molar-refractivity contribution is 5.77. The molecule has 1 saturated heterocycles. The summed E-state index contributed by atoms with van der Waals surface area (Å²) in [5, 5.41) is 0.626. The van der Waals surface area contributed by atoms with Crippen LogP contribution in [0.15, 0.2) is 58.1 Å². The Bertz CT molecular complexity index is 1280. The van der Waals surface area contributed by atoms with Gasteiger partial charge in [-0.1, -0.05) is 24.3 Å². The number of H-pyrrole nitrogens is 2. The van der Waals surface area contributed by atoms with Crippen molar-refractivity contribution < 1.29 is 0 Å². The molecule has 4 aromatic rings. The highest BCUT2D eigenvalue weighted by Gasteiger charge is 2.23. The Morgan fingerprint density at radius 1 is 0.966 bits per heavy atom. The third-order valence-corrected chi connectivity index (χ3v) is 5.87. The molecule has 0 bridgehead atoms. The number of aromatic nitrogens is 4. The number of hydrogen-bond acceptors (Lipinski definition) is 4. The Labute approximate surface area is 167 Å². The fourth-order valence-electron chi connectivity index (χ4n) is 4.36. The molecule has 0 spiro atoms. The number of hydrogen-bond donors (Lipinski definition) is 2. The number of likely N-dealkylation sites (tertiary alicyclic amines) is 1. The molecule has 29 heavy (non-hydrogen) atoms. The van der Waals surface area contributed by atoms with Crippen LogP contribution in [0.3, 0.4) is 0 Å². The van der Waals surface area contributed by atoms with E-state index in [9.17, 15) is 9.59 Å². The van der Waals surface area contributed by atoms with Crippen molar-refractivity contribution in [3.8, 4) is 0 Å². The van der Waals surface area contributed by atoms with Gasteiger partial charge in [0.15, 0.2) is 0 Å². The molecule has 0 atom stereocenters. The van der Waals surface area contributed by atoms with Crippen molar-refractivity contribution >= 4 is 21.9 Å². The van der Waals surface area contributed by atoms with Crippen LogP contribution in [0.25, 0.3) is 21.9 Å². The summed E-state index contributed by atoms with van der Waals surface area (Å²) in [4.78, 5) is 37.5. The van der Waals surface area contributed by atoms with E-state index in [1.54, 1.807) is 6.07 Å².